The molecular formula is C13H25NO4. The Labute approximate surface area is 109 Å². The van der Waals surface area contributed by atoms with Crippen LogP contribution >= 0.6 is 0 Å². The molecule has 0 rings (SSSR count). The lowest BCUT2D eigenvalue weighted by atomic mass is 10.2. The van der Waals surface area contributed by atoms with Crippen LogP contribution in [0, 0.1) is 5.92 Å². The number of esters is 1. The maximum atomic E-state index is 11.4. The molecule has 0 bridgehead atoms. The summed E-state index contributed by atoms with van der Waals surface area (Å²) in [7, 11) is 0. The van der Waals surface area contributed by atoms with Crippen LogP contribution in [-0.4, -0.2) is 30.3 Å². The molecule has 0 aliphatic heterocycles. The molecule has 0 fully saturated rings. The van der Waals surface area contributed by atoms with E-state index in [0.717, 1.165) is 0 Å². The fourth-order valence-electron chi connectivity index (χ4n) is 1.13. The summed E-state index contributed by atoms with van der Waals surface area (Å²) in [5, 5.41) is 2.59. The first kappa shape index (κ1) is 16.7. The minimum atomic E-state index is -0.540. The number of nitrogens with one attached hydrogen (secondary N) is 1. The Hall–Kier alpha value is -1.26. The lowest BCUT2D eigenvalue weighted by molar-refractivity contribution is -0.145. The first-order valence-corrected chi connectivity index (χ1v) is 6.25. The van der Waals surface area contributed by atoms with Gasteiger partial charge in [0.15, 0.2) is 0 Å². The molecule has 106 valence electrons. The van der Waals surface area contributed by atoms with Gasteiger partial charge in [0.25, 0.3) is 0 Å². The average Bonchev–Trinajstić information content (AvgIpc) is 2.10. The first-order chi connectivity index (χ1) is 8.10. The van der Waals surface area contributed by atoms with Crippen LogP contribution in [0.3, 0.4) is 0 Å². The molecule has 0 aliphatic carbocycles. The van der Waals surface area contributed by atoms with Gasteiger partial charge in [-0.1, -0.05) is 13.8 Å². The molecule has 0 spiro atoms. The van der Waals surface area contributed by atoms with Crippen molar-refractivity contribution in [1.29, 1.82) is 0 Å². The van der Waals surface area contributed by atoms with Crippen LogP contribution in [0.1, 0.15) is 48.0 Å². The standard InChI is InChI=1S/C13H25NO4/c1-9(2)8-17-11(15)7-10(3)14-12(16)18-13(4,5)6/h9-10H,7-8H2,1-6H3,(H,14,16)/t10-/m1/s1. The number of carbonyl (C=O) groups is 2. The Morgan fingerprint density at radius 3 is 2.17 bits per heavy atom. The summed E-state index contributed by atoms with van der Waals surface area (Å²) in [6, 6.07) is -0.306. The molecule has 0 unspecified atom stereocenters. The molecule has 0 heterocycles. The first-order valence-electron chi connectivity index (χ1n) is 6.25. The van der Waals surface area contributed by atoms with Crippen molar-refractivity contribution in [1.82, 2.24) is 5.32 Å². The third kappa shape index (κ3) is 9.93. The van der Waals surface area contributed by atoms with Crippen LogP contribution in [0.5, 0.6) is 0 Å². The van der Waals surface area contributed by atoms with Gasteiger partial charge in [-0.2, -0.15) is 0 Å². The van der Waals surface area contributed by atoms with E-state index in [1.54, 1.807) is 27.7 Å². The van der Waals surface area contributed by atoms with Gasteiger partial charge in [-0.3, -0.25) is 4.79 Å². The predicted molar refractivity (Wildman–Crippen MR) is 69.2 cm³/mol. The number of amides is 1. The second-order valence-electron chi connectivity index (χ2n) is 5.83. The summed E-state index contributed by atoms with van der Waals surface area (Å²) >= 11 is 0. The van der Waals surface area contributed by atoms with Crippen LogP contribution in [0.4, 0.5) is 4.79 Å². The van der Waals surface area contributed by atoms with Crippen LogP contribution in [0.2, 0.25) is 0 Å². The van der Waals surface area contributed by atoms with Gasteiger partial charge in [0.05, 0.1) is 13.0 Å². The highest BCUT2D eigenvalue weighted by Gasteiger charge is 2.19. The Morgan fingerprint density at radius 2 is 1.72 bits per heavy atom. The van der Waals surface area contributed by atoms with E-state index in [1.807, 2.05) is 13.8 Å². The predicted octanol–water partition coefficient (Wildman–Crippen LogP) is 2.49. The van der Waals surface area contributed by atoms with Crippen molar-refractivity contribution in [3.05, 3.63) is 0 Å². The normalized spacial score (nSPS) is 13.1. The summed E-state index contributed by atoms with van der Waals surface area (Å²) in [4.78, 5) is 22.8. The van der Waals surface area contributed by atoms with E-state index in [2.05, 4.69) is 5.32 Å². The maximum absolute atomic E-state index is 11.4. The van der Waals surface area contributed by atoms with Gasteiger partial charge in [0.1, 0.15) is 5.60 Å². The van der Waals surface area contributed by atoms with Crippen LogP contribution in [-0.2, 0) is 14.3 Å². The molecule has 18 heavy (non-hydrogen) atoms. The molecule has 0 radical (unpaired) electrons. The van der Waals surface area contributed by atoms with Gasteiger partial charge in [0, 0.05) is 6.04 Å². The fourth-order valence-corrected chi connectivity index (χ4v) is 1.13. The van der Waals surface area contributed by atoms with Gasteiger partial charge in [0.2, 0.25) is 0 Å². The van der Waals surface area contributed by atoms with Crippen LogP contribution in [0.25, 0.3) is 0 Å². The summed E-state index contributed by atoms with van der Waals surface area (Å²) in [5.74, 6) is -0.00432. The second kappa shape index (κ2) is 7.24. The zero-order valence-electron chi connectivity index (χ0n) is 12.2. The van der Waals surface area contributed by atoms with Gasteiger partial charge >= 0.3 is 12.1 Å². The molecule has 0 saturated heterocycles. The number of hydrogen-bond acceptors (Lipinski definition) is 4. The quantitative estimate of drug-likeness (QED) is 0.770. The van der Waals surface area contributed by atoms with E-state index in [0.29, 0.717) is 12.5 Å². The monoisotopic (exact) mass is 259 g/mol. The zero-order chi connectivity index (χ0) is 14.3. The van der Waals surface area contributed by atoms with E-state index in [1.165, 1.54) is 0 Å². The highest BCUT2D eigenvalue weighted by molar-refractivity contribution is 5.72. The minimum absolute atomic E-state index is 0.145. The van der Waals surface area contributed by atoms with Crippen molar-refractivity contribution in [3.8, 4) is 0 Å². The molecular weight excluding hydrogens is 234 g/mol. The molecule has 0 aliphatic rings. The van der Waals surface area contributed by atoms with Crippen molar-refractivity contribution < 1.29 is 19.1 Å². The summed E-state index contributed by atoms with van der Waals surface area (Å²) in [6.45, 7) is 11.4. The van der Waals surface area contributed by atoms with E-state index in [9.17, 15) is 9.59 Å². The molecule has 1 atom stereocenters. The largest absolute Gasteiger partial charge is 0.465 e. The SMILES string of the molecule is CC(C)COC(=O)C[C@@H](C)NC(=O)OC(C)(C)C. The van der Waals surface area contributed by atoms with Crippen molar-refractivity contribution in [3.63, 3.8) is 0 Å². The lowest BCUT2D eigenvalue weighted by Crippen LogP contribution is -2.38. The number of hydrogen-bond donors (Lipinski definition) is 1. The number of carbonyl (C=O) groups excluding carboxylic acids is 2. The number of alkyl carbamates (subject to hydrolysis) is 1. The highest BCUT2D eigenvalue weighted by Crippen LogP contribution is 2.07. The lowest BCUT2D eigenvalue weighted by Gasteiger charge is -2.21. The molecule has 1 N–H and O–H groups in total. The van der Waals surface area contributed by atoms with E-state index in [-0.39, 0.29) is 18.4 Å². The summed E-state index contributed by atoms with van der Waals surface area (Å²) < 4.78 is 10.1. The molecule has 0 aromatic heterocycles. The Morgan fingerprint density at radius 1 is 1.17 bits per heavy atom. The number of ether oxygens (including phenoxy) is 2. The summed E-state index contributed by atoms with van der Waals surface area (Å²) in [6.07, 6.45) is -0.377. The highest BCUT2D eigenvalue weighted by atomic mass is 16.6. The maximum Gasteiger partial charge on any atom is 0.407 e. The molecule has 5 heteroatoms. The topological polar surface area (TPSA) is 64.6 Å². The van der Waals surface area contributed by atoms with Crippen molar-refractivity contribution in [2.75, 3.05) is 6.61 Å². The van der Waals surface area contributed by atoms with Crippen molar-refractivity contribution in [2.45, 2.75) is 59.6 Å². The summed E-state index contributed by atoms with van der Waals surface area (Å²) in [5.41, 5.74) is -0.540. The molecule has 0 saturated carbocycles. The van der Waals surface area contributed by atoms with E-state index < -0.39 is 11.7 Å². The third-order valence-electron chi connectivity index (χ3n) is 1.81. The van der Waals surface area contributed by atoms with Gasteiger partial charge in [-0.15, -0.1) is 0 Å². The Balaban J connectivity index is 3.93. The second-order valence-corrected chi connectivity index (χ2v) is 5.83. The fraction of sp³-hybridized carbons (Fsp3) is 0.846. The van der Waals surface area contributed by atoms with Crippen LogP contribution < -0.4 is 5.32 Å². The Bertz CT molecular complexity index is 281. The van der Waals surface area contributed by atoms with Gasteiger partial charge in [-0.25, -0.2) is 4.79 Å². The molecule has 1 amide bonds. The molecule has 5 nitrogen and oxygen atoms in total. The number of rotatable bonds is 5. The van der Waals surface area contributed by atoms with Crippen molar-refractivity contribution in [2.24, 2.45) is 5.92 Å². The van der Waals surface area contributed by atoms with Crippen molar-refractivity contribution >= 4 is 12.1 Å². The third-order valence-corrected chi connectivity index (χ3v) is 1.81. The average molecular weight is 259 g/mol. The molecule has 0 aromatic rings. The van der Waals surface area contributed by atoms with Gasteiger partial charge < -0.3 is 14.8 Å². The minimum Gasteiger partial charge on any atom is -0.465 e. The van der Waals surface area contributed by atoms with E-state index >= 15 is 0 Å². The smallest absolute Gasteiger partial charge is 0.407 e. The van der Waals surface area contributed by atoms with Crippen LogP contribution in [0.15, 0.2) is 0 Å². The van der Waals surface area contributed by atoms with Gasteiger partial charge in [-0.05, 0) is 33.6 Å². The zero-order valence-corrected chi connectivity index (χ0v) is 12.2. The molecule has 0 aromatic carbocycles. The Kier molecular flexibility index (Phi) is 6.73. The van der Waals surface area contributed by atoms with E-state index in [4.69, 9.17) is 9.47 Å².